The first kappa shape index (κ1) is 13.8. The van der Waals surface area contributed by atoms with E-state index in [0.29, 0.717) is 12.0 Å². The number of nitrogens with one attached hydrogen (secondary N) is 1. The fraction of sp³-hybridized carbons (Fsp3) is 0.471. The van der Waals surface area contributed by atoms with Crippen LogP contribution in [0.5, 0.6) is 0 Å². The molecule has 0 bridgehead atoms. The quantitative estimate of drug-likeness (QED) is 0.904. The summed E-state index contributed by atoms with van der Waals surface area (Å²) in [5, 5.41) is 3.71. The molecule has 0 saturated heterocycles. The molecule has 0 aliphatic heterocycles. The van der Waals surface area contributed by atoms with Crippen LogP contribution in [-0.4, -0.2) is 17.6 Å². The zero-order chi connectivity index (χ0) is 13.8. The van der Waals surface area contributed by atoms with Gasteiger partial charge in [-0.3, -0.25) is 4.98 Å². The Balaban J connectivity index is 1.84. The first-order valence-electron chi connectivity index (χ1n) is 7.57. The molecule has 0 spiro atoms. The van der Waals surface area contributed by atoms with Crippen molar-refractivity contribution in [2.75, 3.05) is 6.54 Å². The largest absolute Gasteiger partial charge is 0.313 e. The summed E-state index contributed by atoms with van der Waals surface area (Å²) in [6, 6.07) is 9.52. The number of nitrogens with zero attached hydrogens (tertiary/aromatic N) is 1. The Bertz CT molecular complexity index is 536. The second-order valence-electron chi connectivity index (χ2n) is 5.53. The molecule has 2 atom stereocenters. The van der Waals surface area contributed by atoms with Gasteiger partial charge in [0.25, 0.3) is 0 Å². The highest BCUT2D eigenvalue weighted by Crippen LogP contribution is 2.35. The Kier molecular flexibility index (Phi) is 4.48. The topological polar surface area (TPSA) is 24.9 Å². The number of hydrogen-bond acceptors (Lipinski definition) is 3. The van der Waals surface area contributed by atoms with E-state index in [1.54, 1.807) is 22.5 Å². The molecule has 2 aromatic rings. The van der Waals surface area contributed by atoms with E-state index in [4.69, 9.17) is 0 Å². The molecule has 3 heteroatoms. The van der Waals surface area contributed by atoms with E-state index in [2.05, 4.69) is 41.5 Å². The highest BCUT2D eigenvalue weighted by Gasteiger charge is 2.27. The van der Waals surface area contributed by atoms with Gasteiger partial charge in [0.1, 0.15) is 0 Å². The van der Waals surface area contributed by atoms with Crippen LogP contribution in [0.2, 0.25) is 0 Å². The van der Waals surface area contributed by atoms with Crippen LogP contribution in [0.1, 0.15) is 41.7 Å². The third-order valence-electron chi connectivity index (χ3n) is 4.27. The molecule has 2 nitrogen and oxygen atoms in total. The van der Waals surface area contributed by atoms with Crippen molar-refractivity contribution in [3.8, 4) is 0 Å². The molecule has 1 aliphatic rings. The molecule has 20 heavy (non-hydrogen) atoms. The second kappa shape index (κ2) is 6.51. The monoisotopic (exact) mass is 286 g/mol. The zero-order valence-corrected chi connectivity index (χ0v) is 12.8. The van der Waals surface area contributed by atoms with Gasteiger partial charge in [0.2, 0.25) is 0 Å². The molecule has 0 fully saturated rings. The van der Waals surface area contributed by atoms with E-state index in [-0.39, 0.29) is 0 Å². The van der Waals surface area contributed by atoms with Crippen LogP contribution >= 0.6 is 11.3 Å². The van der Waals surface area contributed by atoms with E-state index < -0.39 is 0 Å². The summed E-state index contributed by atoms with van der Waals surface area (Å²) in [5.74, 6) is 0.641. The van der Waals surface area contributed by atoms with Crippen molar-refractivity contribution in [1.82, 2.24) is 10.3 Å². The van der Waals surface area contributed by atoms with Gasteiger partial charge in [0.15, 0.2) is 0 Å². The minimum Gasteiger partial charge on any atom is -0.313 e. The van der Waals surface area contributed by atoms with Crippen LogP contribution in [0.3, 0.4) is 0 Å². The molecule has 0 saturated carbocycles. The fourth-order valence-electron chi connectivity index (χ4n) is 3.39. The summed E-state index contributed by atoms with van der Waals surface area (Å²) >= 11 is 1.77. The molecule has 3 rings (SSSR count). The van der Waals surface area contributed by atoms with Crippen molar-refractivity contribution in [1.29, 1.82) is 0 Å². The van der Waals surface area contributed by atoms with E-state index in [1.807, 2.05) is 11.7 Å². The number of aromatic nitrogens is 1. The SMILES string of the molecule is CCNC(Cc1cncs1)C1CCCc2ccccc21. The molecule has 1 aromatic carbocycles. The van der Waals surface area contributed by atoms with Gasteiger partial charge in [-0.2, -0.15) is 0 Å². The molecule has 2 unspecified atom stereocenters. The molecule has 1 heterocycles. The maximum Gasteiger partial charge on any atom is 0.0794 e. The van der Waals surface area contributed by atoms with Crippen molar-refractivity contribution in [2.45, 2.75) is 44.6 Å². The van der Waals surface area contributed by atoms with Gasteiger partial charge >= 0.3 is 0 Å². The Hall–Kier alpha value is -1.19. The molecule has 0 amide bonds. The third-order valence-corrected chi connectivity index (χ3v) is 5.07. The van der Waals surface area contributed by atoms with Gasteiger partial charge < -0.3 is 5.32 Å². The van der Waals surface area contributed by atoms with E-state index >= 15 is 0 Å². The van der Waals surface area contributed by atoms with E-state index in [9.17, 15) is 0 Å². The van der Waals surface area contributed by atoms with Crippen LogP contribution in [0, 0.1) is 0 Å². The third kappa shape index (κ3) is 2.94. The first-order chi connectivity index (χ1) is 9.88. The number of aryl methyl sites for hydroxylation is 1. The van der Waals surface area contributed by atoms with Crippen molar-refractivity contribution < 1.29 is 0 Å². The predicted octanol–water partition coefficient (Wildman–Crippen LogP) is 3.78. The first-order valence-corrected chi connectivity index (χ1v) is 8.45. The Labute approximate surface area is 125 Å². The van der Waals surface area contributed by atoms with Crippen molar-refractivity contribution in [3.63, 3.8) is 0 Å². The molecular weight excluding hydrogens is 264 g/mol. The number of likely N-dealkylation sites (N-methyl/N-ethyl adjacent to an activating group) is 1. The van der Waals surface area contributed by atoms with Crippen LogP contribution < -0.4 is 5.32 Å². The smallest absolute Gasteiger partial charge is 0.0794 e. The average molecular weight is 286 g/mol. The van der Waals surface area contributed by atoms with Gasteiger partial charge in [-0.25, -0.2) is 0 Å². The summed E-state index contributed by atoms with van der Waals surface area (Å²) in [7, 11) is 0. The maximum absolute atomic E-state index is 4.22. The van der Waals surface area contributed by atoms with Gasteiger partial charge in [0.05, 0.1) is 5.51 Å². The average Bonchev–Trinajstić information content (AvgIpc) is 2.99. The van der Waals surface area contributed by atoms with Gasteiger partial charge in [0, 0.05) is 17.1 Å². The van der Waals surface area contributed by atoms with Crippen LogP contribution in [-0.2, 0) is 12.8 Å². The van der Waals surface area contributed by atoms with E-state index in [1.165, 1.54) is 24.1 Å². The lowest BCUT2D eigenvalue weighted by atomic mass is 9.77. The predicted molar refractivity (Wildman–Crippen MR) is 85.4 cm³/mol. The van der Waals surface area contributed by atoms with Gasteiger partial charge in [-0.05, 0) is 49.3 Å². The number of thiazole rings is 1. The molecular formula is C17H22N2S. The second-order valence-corrected chi connectivity index (χ2v) is 6.50. The van der Waals surface area contributed by atoms with Crippen LogP contribution in [0.4, 0.5) is 0 Å². The highest BCUT2D eigenvalue weighted by atomic mass is 32.1. The zero-order valence-electron chi connectivity index (χ0n) is 12.0. The summed E-state index contributed by atoms with van der Waals surface area (Å²) < 4.78 is 0. The van der Waals surface area contributed by atoms with Crippen LogP contribution in [0.25, 0.3) is 0 Å². The Morgan fingerprint density at radius 2 is 2.30 bits per heavy atom. The number of fused-ring (bicyclic) bond motifs is 1. The molecule has 106 valence electrons. The standard InChI is InChI=1S/C17H22N2S/c1-2-19-17(10-14-11-18-12-20-14)16-9-5-7-13-6-3-4-8-15(13)16/h3-4,6,8,11-12,16-17,19H,2,5,7,9-10H2,1H3. The Morgan fingerprint density at radius 3 is 3.10 bits per heavy atom. The Morgan fingerprint density at radius 1 is 1.40 bits per heavy atom. The lowest BCUT2D eigenvalue weighted by Gasteiger charge is -2.32. The van der Waals surface area contributed by atoms with Crippen molar-refractivity contribution in [3.05, 3.63) is 52.0 Å². The normalized spacial score (nSPS) is 19.6. The summed E-state index contributed by atoms with van der Waals surface area (Å²) in [4.78, 5) is 5.60. The molecule has 0 radical (unpaired) electrons. The van der Waals surface area contributed by atoms with Crippen molar-refractivity contribution in [2.24, 2.45) is 0 Å². The fourth-order valence-corrected chi connectivity index (χ4v) is 4.04. The maximum atomic E-state index is 4.22. The van der Waals surface area contributed by atoms with Crippen LogP contribution in [0.15, 0.2) is 36.0 Å². The summed E-state index contributed by atoms with van der Waals surface area (Å²) in [5.41, 5.74) is 5.05. The minimum atomic E-state index is 0.530. The number of benzene rings is 1. The lowest BCUT2D eigenvalue weighted by molar-refractivity contribution is 0.397. The molecule has 1 aliphatic carbocycles. The highest BCUT2D eigenvalue weighted by molar-refractivity contribution is 7.09. The number of rotatable bonds is 5. The summed E-state index contributed by atoms with van der Waals surface area (Å²) in [6.45, 7) is 3.23. The minimum absolute atomic E-state index is 0.530. The van der Waals surface area contributed by atoms with Gasteiger partial charge in [-0.1, -0.05) is 31.2 Å². The molecule has 1 aromatic heterocycles. The molecule has 1 N–H and O–H groups in total. The lowest BCUT2D eigenvalue weighted by Crippen LogP contribution is -2.38. The summed E-state index contributed by atoms with van der Waals surface area (Å²) in [6.07, 6.45) is 6.97. The van der Waals surface area contributed by atoms with Crippen molar-refractivity contribution >= 4 is 11.3 Å². The van der Waals surface area contributed by atoms with Gasteiger partial charge in [-0.15, -0.1) is 11.3 Å². The number of hydrogen-bond donors (Lipinski definition) is 1. The van der Waals surface area contributed by atoms with E-state index in [0.717, 1.165) is 13.0 Å².